The minimum atomic E-state index is -4.51. The average Bonchev–Trinajstić information content (AvgIpc) is 2.80. The lowest BCUT2D eigenvalue weighted by Gasteiger charge is -2.38. The van der Waals surface area contributed by atoms with E-state index in [1.165, 1.54) is 0 Å². The van der Waals surface area contributed by atoms with E-state index in [1.807, 2.05) is 0 Å². The molecule has 114 valence electrons. The van der Waals surface area contributed by atoms with Gasteiger partial charge in [-0.2, -0.15) is 13.2 Å². The second kappa shape index (κ2) is 4.78. The quantitative estimate of drug-likeness (QED) is 0.822. The number of anilines is 2. The molecule has 2 aliphatic heterocycles. The maximum absolute atomic E-state index is 12.8. The van der Waals surface area contributed by atoms with E-state index in [1.54, 1.807) is 4.90 Å². The summed E-state index contributed by atoms with van der Waals surface area (Å²) in [6.45, 7) is 1.02. The summed E-state index contributed by atoms with van der Waals surface area (Å²) in [6, 6.07) is 0.831. The molecule has 1 aromatic heterocycles. The van der Waals surface area contributed by atoms with Crippen molar-refractivity contribution in [2.24, 2.45) is 5.92 Å². The first-order valence-corrected chi connectivity index (χ1v) is 6.75. The number of piperidine rings is 1. The molecule has 0 aliphatic carbocycles. The lowest BCUT2D eigenvalue weighted by atomic mass is 9.91. The maximum Gasteiger partial charge on any atom is 0.433 e. The molecule has 2 atom stereocenters. The smallest absolute Gasteiger partial charge is 0.396 e. The Morgan fingerprint density at radius 1 is 1.43 bits per heavy atom. The Morgan fingerprint density at radius 2 is 2.19 bits per heavy atom. The lowest BCUT2D eigenvalue weighted by Crippen LogP contribution is -2.46. The number of halogens is 3. The van der Waals surface area contributed by atoms with Crippen LogP contribution in [0.3, 0.4) is 0 Å². The molecule has 0 radical (unpaired) electrons. The molecule has 3 rings (SSSR count). The van der Waals surface area contributed by atoms with Crippen molar-refractivity contribution in [1.82, 2.24) is 10.3 Å². The van der Waals surface area contributed by atoms with Gasteiger partial charge in [0.15, 0.2) is 0 Å². The lowest BCUT2D eigenvalue weighted by molar-refractivity contribution is -0.141. The number of nitrogens with two attached hydrogens (primary N) is 1. The normalized spacial score (nSPS) is 25.7. The van der Waals surface area contributed by atoms with Crippen LogP contribution in [0.25, 0.3) is 0 Å². The van der Waals surface area contributed by atoms with Crippen LogP contribution < -0.4 is 16.0 Å². The first kappa shape index (κ1) is 14.0. The number of rotatable bonds is 1. The van der Waals surface area contributed by atoms with Crippen LogP contribution >= 0.6 is 0 Å². The highest BCUT2D eigenvalue weighted by molar-refractivity contribution is 5.83. The summed E-state index contributed by atoms with van der Waals surface area (Å²) in [7, 11) is 0. The number of hydrogen-bond acceptors (Lipinski definition) is 4. The SMILES string of the molecule is Nc1cnc(C(F)(F)F)cc1N1CCCC2C(=O)NCC21. The second-order valence-corrected chi connectivity index (χ2v) is 5.38. The van der Waals surface area contributed by atoms with Crippen molar-refractivity contribution in [2.45, 2.75) is 25.1 Å². The van der Waals surface area contributed by atoms with E-state index in [-0.39, 0.29) is 23.6 Å². The van der Waals surface area contributed by atoms with Crippen molar-refractivity contribution < 1.29 is 18.0 Å². The number of nitrogens with one attached hydrogen (secondary N) is 1. The number of nitrogen functional groups attached to an aromatic ring is 1. The molecule has 0 spiro atoms. The summed E-state index contributed by atoms with van der Waals surface area (Å²) in [4.78, 5) is 16.9. The van der Waals surface area contributed by atoms with E-state index >= 15 is 0 Å². The second-order valence-electron chi connectivity index (χ2n) is 5.38. The molecule has 0 bridgehead atoms. The first-order valence-electron chi connectivity index (χ1n) is 6.75. The van der Waals surface area contributed by atoms with Gasteiger partial charge in [0.05, 0.1) is 29.5 Å². The first-order chi connectivity index (χ1) is 9.88. The molecule has 2 unspecified atom stereocenters. The maximum atomic E-state index is 12.8. The van der Waals surface area contributed by atoms with Crippen LogP contribution in [0.5, 0.6) is 0 Å². The number of hydrogen-bond donors (Lipinski definition) is 2. The molecule has 5 nitrogen and oxygen atoms in total. The van der Waals surface area contributed by atoms with Crippen LogP contribution in [-0.4, -0.2) is 30.0 Å². The number of aromatic nitrogens is 1. The average molecular weight is 300 g/mol. The van der Waals surface area contributed by atoms with Gasteiger partial charge >= 0.3 is 6.18 Å². The van der Waals surface area contributed by atoms with Crippen molar-refractivity contribution in [3.63, 3.8) is 0 Å². The molecule has 1 amide bonds. The van der Waals surface area contributed by atoms with Gasteiger partial charge in [-0.3, -0.25) is 4.79 Å². The summed E-state index contributed by atoms with van der Waals surface area (Å²) in [5, 5.41) is 2.77. The number of pyridine rings is 1. The third-order valence-corrected chi connectivity index (χ3v) is 4.11. The highest BCUT2D eigenvalue weighted by atomic mass is 19.4. The summed E-state index contributed by atoms with van der Waals surface area (Å²) in [5.41, 5.74) is 5.34. The standard InChI is InChI=1S/C13H15F3N4O/c14-13(15,16)11-4-9(8(17)5-18-11)20-3-1-2-7-10(20)6-19-12(7)21/h4-5,7,10H,1-3,6,17H2,(H,19,21). The Morgan fingerprint density at radius 3 is 2.90 bits per heavy atom. The summed E-state index contributed by atoms with van der Waals surface area (Å²) in [5.74, 6) is -0.214. The summed E-state index contributed by atoms with van der Waals surface area (Å²) >= 11 is 0. The Hall–Kier alpha value is -1.99. The largest absolute Gasteiger partial charge is 0.433 e. The van der Waals surface area contributed by atoms with Crippen molar-refractivity contribution in [3.8, 4) is 0 Å². The fourth-order valence-electron chi connectivity index (χ4n) is 3.11. The van der Waals surface area contributed by atoms with E-state index in [9.17, 15) is 18.0 Å². The molecule has 21 heavy (non-hydrogen) atoms. The molecule has 0 saturated carbocycles. The molecule has 8 heteroatoms. The highest BCUT2D eigenvalue weighted by Gasteiger charge is 2.42. The van der Waals surface area contributed by atoms with Gasteiger partial charge in [-0.1, -0.05) is 0 Å². The molecule has 2 fully saturated rings. The number of alkyl halides is 3. The minimum Gasteiger partial charge on any atom is -0.396 e. The predicted molar refractivity (Wildman–Crippen MR) is 70.5 cm³/mol. The molecule has 3 N–H and O–H groups in total. The monoisotopic (exact) mass is 300 g/mol. The van der Waals surface area contributed by atoms with E-state index < -0.39 is 11.9 Å². The van der Waals surface area contributed by atoms with Gasteiger partial charge in [-0.15, -0.1) is 0 Å². The van der Waals surface area contributed by atoms with Crippen LogP contribution in [0.4, 0.5) is 24.5 Å². The van der Waals surface area contributed by atoms with Gasteiger partial charge < -0.3 is 16.0 Å². The van der Waals surface area contributed by atoms with Gasteiger partial charge in [0.1, 0.15) is 5.69 Å². The fourth-order valence-corrected chi connectivity index (χ4v) is 3.11. The number of fused-ring (bicyclic) bond motifs is 1. The van der Waals surface area contributed by atoms with Crippen molar-refractivity contribution in [1.29, 1.82) is 0 Å². The molecule has 0 aromatic carbocycles. The Labute approximate surface area is 119 Å². The molecular weight excluding hydrogens is 285 g/mol. The molecule has 2 aliphatic rings. The van der Waals surface area contributed by atoms with Crippen molar-refractivity contribution in [3.05, 3.63) is 18.0 Å². The van der Waals surface area contributed by atoms with Crippen molar-refractivity contribution in [2.75, 3.05) is 23.7 Å². The predicted octanol–water partition coefficient (Wildman–Crippen LogP) is 1.40. The third kappa shape index (κ3) is 2.38. The number of carbonyl (C=O) groups excluding carboxylic acids is 1. The van der Waals surface area contributed by atoms with Crippen molar-refractivity contribution >= 4 is 17.3 Å². The van der Waals surface area contributed by atoms with E-state index in [2.05, 4.69) is 10.3 Å². The van der Waals surface area contributed by atoms with E-state index in [0.29, 0.717) is 18.8 Å². The van der Waals surface area contributed by atoms with Gasteiger partial charge in [0.2, 0.25) is 5.91 Å². The molecule has 3 heterocycles. The molecule has 1 aromatic rings. The number of nitrogens with zero attached hydrogens (tertiary/aromatic N) is 2. The Kier molecular flexibility index (Phi) is 3.18. The Bertz CT molecular complexity index is 575. The van der Waals surface area contributed by atoms with E-state index in [0.717, 1.165) is 25.1 Å². The molecule has 2 saturated heterocycles. The zero-order valence-corrected chi connectivity index (χ0v) is 11.2. The summed E-state index contributed by atoms with van der Waals surface area (Å²) < 4.78 is 38.4. The van der Waals surface area contributed by atoms with E-state index in [4.69, 9.17) is 5.73 Å². The Balaban J connectivity index is 1.97. The van der Waals surface area contributed by atoms with Gasteiger partial charge in [-0.05, 0) is 18.9 Å². The summed E-state index contributed by atoms with van der Waals surface area (Å²) in [6.07, 6.45) is -1.98. The van der Waals surface area contributed by atoms with Crippen LogP contribution in [0.15, 0.2) is 12.3 Å². The minimum absolute atomic E-state index is 0.0339. The van der Waals surface area contributed by atoms with Crippen LogP contribution in [0.2, 0.25) is 0 Å². The van der Waals surface area contributed by atoms with Crippen LogP contribution in [0, 0.1) is 5.92 Å². The number of carbonyl (C=O) groups is 1. The topological polar surface area (TPSA) is 71.2 Å². The zero-order chi connectivity index (χ0) is 15.2. The van der Waals surface area contributed by atoms with Gasteiger partial charge in [0, 0.05) is 13.1 Å². The van der Waals surface area contributed by atoms with Crippen LogP contribution in [-0.2, 0) is 11.0 Å². The zero-order valence-electron chi connectivity index (χ0n) is 11.2. The molecular formula is C13H15F3N4O. The number of amides is 1. The third-order valence-electron chi connectivity index (χ3n) is 4.11. The van der Waals surface area contributed by atoms with Crippen LogP contribution in [0.1, 0.15) is 18.5 Å². The van der Waals surface area contributed by atoms with Gasteiger partial charge in [-0.25, -0.2) is 4.98 Å². The van der Waals surface area contributed by atoms with Gasteiger partial charge in [0.25, 0.3) is 0 Å². The fraction of sp³-hybridized carbons (Fsp3) is 0.538. The highest BCUT2D eigenvalue weighted by Crippen LogP contribution is 2.37.